The van der Waals surface area contributed by atoms with Crippen molar-refractivity contribution in [1.29, 1.82) is 0 Å². The lowest BCUT2D eigenvalue weighted by Gasteiger charge is -2.05. The molecule has 1 rings (SSSR count). The van der Waals surface area contributed by atoms with Gasteiger partial charge >= 0.3 is 5.97 Å². The molecule has 1 aromatic rings. The third-order valence-electron chi connectivity index (χ3n) is 1.72. The molecule has 0 unspecified atom stereocenters. The number of ether oxygens (including phenoxy) is 1. The number of rotatable bonds is 3. The van der Waals surface area contributed by atoms with Crippen molar-refractivity contribution in [2.24, 2.45) is 0 Å². The van der Waals surface area contributed by atoms with Crippen molar-refractivity contribution < 1.29 is 9.53 Å². The average Bonchev–Trinajstić information content (AvgIpc) is 2.18. The van der Waals surface area contributed by atoms with Crippen molar-refractivity contribution in [1.82, 2.24) is 0 Å². The van der Waals surface area contributed by atoms with E-state index in [2.05, 4.69) is 4.74 Å². The van der Waals surface area contributed by atoms with Gasteiger partial charge in [-0.1, -0.05) is 18.2 Å². The van der Waals surface area contributed by atoms with Crippen LogP contribution in [0.3, 0.4) is 0 Å². The van der Waals surface area contributed by atoms with Crippen LogP contribution in [-0.2, 0) is 10.5 Å². The van der Waals surface area contributed by atoms with Gasteiger partial charge in [0.25, 0.3) is 0 Å². The van der Waals surface area contributed by atoms with Gasteiger partial charge in [-0.3, -0.25) is 0 Å². The molecule has 0 saturated carbocycles. The standard InChI is InChI=1S/C10H12O2S/c1-12-10(11)9-6-4-3-5-8(9)7-13-2/h3-6H,7H2,1-2H3. The third kappa shape index (κ3) is 2.49. The Morgan fingerprint density at radius 3 is 2.77 bits per heavy atom. The van der Waals surface area contributed by atoms with E-state index >= 15 is 0 Å². The molecule has 0 N–H and O–H groups in total. The van der Waals surface area contributed by atoms with Crippen molar-refractivity contribution in [2.75, 3.05) is 13.4 Å². The molecule has 0 spiro atoms. The fourth-order valence-electron chi connectivity index (χ4n) is 1.11. The largest absolute Gasteiger partial charge is 0.465 e. The summed E-state index contributed by atoms with van der Waals surface area (Å²) in [7, 11) is 1.40. The first kappa shape index (κ1) is 10.1. The third-order valence-corrected chi connectivity index (χ3v) is 2.32. The number of esters is 1. The summed E-state index contributed by atoms with van der Waals surface area (Å²) in [4.78, 5) is 11.3. The summed E-state index contributed by atoms with van der Waals surface area (Å²) in [5, 5.41) is 0. The molecule has 0 fully saturated rings. The fourth-order valence-corrected chi connectivity index (χ4v) is 1.67. The zero-order valence-electron chi connectivity index (χ0n) is 7.74. The van der Waals surface area contributed by atoms with Gasteiger partial charge in [-0.05, 0) is 17.9 Å². The molecule has 0 bridgehead atoms. The van der Waals surface area contributed by atoms with Crippen molar-refractivity contribution in [3.8, 4) is 0 Å². The molecule has 0 aliphatic heterocycles. The van der Waals surface area contributed by atoms with Crippen molar-refractivity contribution in [3.05, 3.63) is 35.4 Å². The maximum Gasteiger partial charge on any atom is 0.338 e. The number of benzene rings is 1. The Balaban J connectivity index is 2.97. The van der Waals surface area contributed by atoms with Crippen LogP contribution in [0.25, 0.3) is 0 Å². The summed E-state index contributed by atoms with van der Waals surface area (Å²) < 4.78 is 4.68. The second-order valence-electron chi connectivity index (χ2n) is 2.58. The molecule has 0 saturated heterocycles. The molecule has 70 valence electrons. The summed E-state index contributed by atoms with van der Waals surface area (Å²) in [6.45, 7) is 0. The van der Waals surface area contributed by atoms with E-state index in [4.69, 9.17) is 0 Å². The number of hydrogen-bond acceptors (Lipinski definition) is 3. The van der Waals surface area contributed by atoms with Crippen LogP contribution < -0.4 is 0 Å². The lowest BCUT2D eigenvalue weighted by atomic mass is 10.1. The van der Waals surface area contributed by atoms with E-state index in [1.165, 1.54) is 7.11 Å². The van der Waals surface area contributed by atoms with E-state index in [-0.39, 0.29) is 5.97 Å². The minimum atomic E-state index is -0.260. The number of carbonyl (C=O) groups is 1. The van der Waals surface area contributed by atoms with E-state index in [1.54, 1.807) is 17.8 Å². The highest BCUT2D eigenvalue weighted by molar-refractivity contribution is 7.97. The van der Waals surface area contributed by atoms with Crippen LogP contribution in [0.5, 0.6) is 0 Å². The quantitative estimate of drug-likeness (QED) is 0.694. The minimum absolute atomic E-state index is 0.260. The van der Waals surface area contributed by atoms with E-state index < -0.39 is 0 Å². The van der Waals surface area contributed by atoms with Gasteiger partial charge in [0.05, 0.1) is 12.7 Å². The van der Waals surface area contributed by atoms with E-state index in [0.717, 1.165) is 11.3 Å². The van der Waals surface area contributed by atoms with Gasteiger partial charge in [-0.2, -0.15) is 11.8 Å². The Labute approximate surface area is 82.3 Å². The first-order chi connectivity index (χ1) is 6.29. The highest BCUT2D eigenvalue weighted by Gasteiger charge is 2.09. The first-order valence-electron chi connectivity index (χ1n) is 3.94. The van der Waals surface area contributed by atoms with Gasteiger partial charge in [-0.15, -0.1) is 0 Å². The Hall–Kier alpha value is -0.960. The molecular weight excluding hydrogens is 184 g/mol. The molecule has 13 heavy (non-hydrogen) atoms. The summed E-state index contributed by atoms with van der Waals surface area (Å²) >= 11 is 1.69. The maximum atomic E-state index is 11.3. The molecule has 0 aromatic heterocycles. The lowest BCUT2D eigenvalue weighted by molar-refractivity contribution is 0.0600. The normalized spacial score (nSPS) is 9.69. The van der Waals surface area contributed by atoms with E-state index in [9.17, 15) is 4.79 Å². The monoisotopic (exact) mass is 196 g/mol. The highest BCUT2D eigenvalue weighted by atomic mass is 32.2. The lowest BCUT2D eigenvalue weighted by Crippen LogP contribution is -2.04. The van der Waals surface area contributed by atoms with Crippen LogP contribution in [0, 0.1) is 0 Å². The van der Waals surface area contributed by atoms with Crippen molar-refractivity contribution in [2.45, 2.75) is 5.75 Å². The van der Waals surface area contributed by atoms with Gasteiger partial charge in [0, 0.05) is 5.75 Å². The first-order valence-corrected chi connectivity index (χ1v) is 5.34. The molecule has 0 aliphatic carbocycles. The van der Waals surface area contributed by atoms with Gasteiger partial charge in [-0.25, -0.2) is 4.79 Å². The minimum Gasteiger partial charge on any atom is -0.465 e. The molecule has 0 atom stereocenters. The Bertz CT molecular complexity index is 297. The number of carbonyl (C=O) groups excluding carboxylic acids is 1. The van der Waals surface area contributed by atoms with Crippen molar-refractivity contribution >= 4 is 17.7 Å². The predicted molar refractivity (Wildman–Crippen MR) is 55.0 cm³/mol. The van der Waals surface area contributed by atoms with Crippen LogP contribution >= 0.6 is 11.8 Å². The molecule has 2 nitrogen and oxygen atoms in total. The summed E-state index contributed by atoms with van der Waals surface area (Å²) in [6.07, 6.45) is 2.01. The SMILES string of the molecule is COC(=O)c1ccccc1CSC. The molecule has 3 heteroatoms. The van der Waals surface area contributed by atoms with E-state index in [1.807, 2.05) is 24.5 Å². The number of thioether (sulfide) groups is 1. The van der Waals surface area contributed by atoms with Gasteiger partial charge in [0.2, 0.25) is 0 Å². The molecule has 0 heterocycles. The predicted octanol–water partition coefficient (Wildman–Crippen LogP) is 2.34. The van der Waals surface area contributed by atoms with Crippen LogP contribution in [-0.4, -0.2) is 19.3 Å². The summed E-state index contributed by atoms with van der Waals surface area (Å²) in [5.74, 6) is 0.579. The Kier molecular flexibility index (Phi) is 3.83. The molecule has 0 radical (unpaired) electrons. The summed E-state index contributed by atoms with van der Waals surface area (Å²) in [5.41, 5.74) is 1.70. The van der Waals surface area contributed by atoms with Crippen LogP contribution in [0.1, 0.15) is 15.9 Å². The smallest absolute Gasteiger partial charge is 0.338 e. The second kappa shape index (κ2) is 4.92. The van der Waals surface area contributed by atoms with Gasteiger partial charge in [0.15, 0.2) is 0 Å². The number of methoxy groups -OCH3 is 1. The van der Waals surface area contributed by atoms with Gasteiger partial charge < -0.3 is 4.74 Å². The van der Waals surface area contributed by atoms with Crippen LogP contribution in [0.4, 0.5) is 0 Å². The Morgan fingerprint density at radius 1 is 1.46 bits per heavy atom. The fraction of sp³-hybridized carbons (Fsp3) is 0.300. The van der Waals surface area contributed by atoms with Crippen LogP contribution in [0.2, 0.25) is 0 Å². The van der Waals surface area contributed by atoms with Crippen molar-refractivity contribution in [3.63, 3.8) is 0 Å². The molecular formula is C10H12O2S. The molecule has 1 aromatic carbocycles. The van der Waals surface area contributed by atoms with E-state index in [0.29, 0.717) is 5.56 Å². The highest BCUT2D eigenvalue weighted by Crippen LogP contribution is 2.15. The molecule has 0 amide bonds. The second-order valence-corrected chi connectivity index (χ2v) is 3.45. The zero-order chi connectivity index (χ0) is 9.68. The van der Waals surface area contributed by atoms with Gasteiger partial charge in [0.1, 0.15) is 0 Å². The summed E-state index contributed by atoms with van der Waals surface area (Å²) in [6, 6.07) is 7.51. The topological polar surface area (TPSA) is 26.3 Å². The Morgan fingerprint density at radius 2 is 2.15 bits per heavy atom. The molecule has 0 aliphatic rings. The zero-order valence-corrected chi connectivity index (χ0v) is 8.56. The number of hydrogen-bond donors (Lipinski definition) is 0. The maximum absolute atomic E-state index is 11.3. The average molecular weight is 196 g/mol. The van der Waals surface area contributed by atoms with Crippen LogP contribution in [0.15, 0.2) is 24.3 Å².